The standard InChI is InChI=1S/C9H15O3Si.3C5H11.Pt/c1-8-6-5-7-9(8)13(10-2,11-3)12-4;3*1-3-5-4-2;/h7H,5H2,1-4H3;3*1,3-5H2,2H3;. The van der Waals surface area contributed by atoms with Crippen molar-refractivity contribution in [2.75, 3.05) is 21.3 Å². The van der Waals surface area contributed by atoms with Gasteiger partial charge in [-0.3, -0.25) is 0 Å². The molecule has 1 aliphatic carbocycles. The molecule has 5 heteroatoms. The van der Waals surface area contributed by atoms with Crippen LogP contribution in [0.4, 0.5) is 0 Å². The summed E-state index contributed by atoms with van der Waals surface area (Å²) in [5.74, 6) is 0. The van der Waals surface area contributed by atoms with E-state index >= 15 is 0 Å². The first-order valence-corrected chi connectivity index (χ1v) is 19.3. The molecule has 0 fully saturated rings. The normalized spacial score (nSPS) is 15.9. The van der Waals surface area contributed by atoms with E-state index in [2.05, 4.69) is 33.8 Å². The molecule has 0 radical (unpaired) electrons. The molecular weight excluding hydrogens is 559 g/mol. The Bertz CT molecular complexity index is 491. The SMILES string of the molecule is CCCC[CH2][Pt]([CH2]CCCC)([CH2]CCCC)[C]1=C(C)C([Si](OC)(OC)OC)=CC1. The molecule has 0 bridgehead atoms. The predicted molar refractivity (Wildman–Crippen MR) is 125 cm³/mol. The molecule has 0 spiro atoms. The van der Waals surface area contributed by atoms with Gasteiger partial charge in [-0.2, -0.15) is 0 Å². The van der Waals surface area contributed by atoms with Gasteiger partial charge < -0.3 is 0 Å². The van der Waals surface area contributed by atoms with Gasteiger partial charge in [-0.05, 0) is 0 Å². The molecule has 0 aliphatic heterocycles. The van der Waals surface area contributed by atoms with Crippen molar-refractivity contribution < 1.29 is 29.3 Å². The fourth-order valence-electron chi connectivity index (χ4n) is 4.11. The Labute approximate surface area is 186 Å². The van der Waals surface area contributed by atoms with Crippen LogP contribution in [-0.4, -0.2) is 30.1 Å². The quantitative estimate of drug-likeness (QED) is 0.124. The summed E-state index contributed by atoms with van der Waals surface area (Å²) in [5.41, 5.74) is 1.48. The van der Waals surface area contributed by atoms with Crippen molar-refractivity contribution in [2.24, 2.45) is 0 Å². The van der Waals surface area contributed by atoms with Crippen molar-refractivity contribution >= 4 is 8.80 Å². The van der Waals surface area contributed by atoms with E-state index in [0.717, 1.165) is 6.42 Å². The Kier molecular flexibility index (Phi) is 13.5. The summed E-state index contributed by atoms with van der Waals surface area (Å²) in [6.07, 6.45) is 15.8. The maximum atomic E-state index is 5.86. The molecule has 0 heterocycles. The third-order valence-corrected chi connectivity index (χ3v) is 21.9. The van der Waals surface area contributed by atoms with Crippen molar-refractivity contribution in [1.29, 1.82) is 0 Å². The van der Waals surface area contributed by atoms with E-state index < -0.39 is 24.9 Å². The fraction of sp³-hybridized carbons (Fsp3) is 0.833. The van der Waals surface area contributed by atoms with Gasteiger partial charge in [0.25, 0.3) is 0 Å². The molecule has 3 nitrogen and oxygen atoms in total. The molecule has 29 heavy (non-hydrogen) atoms. The van der Waals surface area contributed by atoms with Crippen molar-refractivity contribution in [3.05, 3.63) is 20.8 Å². The van der Waals surface area contributed by atoms with Crippen LogP contribution in [0.2, 0.25) is 14.4 Å². The molecular formula is C24H48O3PtSi. The molecule has 0 aromatic carbocycles. The van der Waals surface area contributed by atoms with Crippen LogP contribution in [0, 0.1) is 0 Å². The molecule has 0 saturated heterocycles. The van der Waals surface area contributed by atoms with Gasteiger partial charge in [0.15, 0.2) is 0 Å². The van der Waals surface area contributed by atoms with Gasteiger partial charge in [0.05, 0.1) is 0 Å². The van der Waals surface area contributed by atoms with Crippen LogP contribution in [0.3, 0.4) is 0 Å². The fourth-order valence-corrected chi connectivity index (χ4v) is 19.9. The average Bonchev–Trinajstić information content (AvgIpc) is 3.12. The molecule has 0 aromatic heterocycles. The van der Waals surface area contributed by atoms with Gasteiger partial charge >= 0.3 is 187 Å². The van der Waals surface area contributed by atoms with Gasteiger partial charge in [0, 0.05) is 0 Å². The van der Waals surface area contributed by atoms with Crippen LogP contribution in [0.15, 0.2) is 20.8 Å². The third-order valence-electron chi connectivity index (χ3n) is 5.86. The summed E-state index contributed by atoms with van der Waals surface area (Å²) in [4.78, 5) is 4.51. The van der Waals surface area contributed by atoms with E-state index in [9.17, 15) is 0 Å². The maximum absolute atomic E-state index is 5.86. The summed E-state index contributed by atoms with van der Waals surface area (Å²) in [5, 5.41) is 1.24. The molecule has 0 saturated carbocycles. The molecule has 0 unspecified atom stereocenters. The summed E-state index contributed by atoms with van der Waals surface area (Å²) in [6.45, 7) is 9.33. The third kappa shape index (κ3) is 7.14. The van der Waals surface area contributed by atoms with Gasteiger partial charge in [-0.15, -0.1) is 0 Å². The Hall–Kier alpha value is 0.265. The van der Waals surface area contributed by atoms with Crippen LogP contribution in [0.5, 0.6) is 0 Å². The van der Waals surface area contributed by atoms with Gasteiger partial charge in [-0.25, -0.2) is 0 Å². The Balaban J connectivity index is 3.29. The minimum absolute atomic E-state index is 1.12. The molecule has 1 rings (SSSR count). The van der Waals surface area contributed by atoms with E-state index in [1.54, 1.807) is 21.3 Å². The van der Waals surface area contributed by atoms with Crippen LogP contribution < -0.4 is 0 Å². The van der Waals surface area contributed by atoms with Crippen molar-refractivity contribution in [2.45, 2.75) is 106 Å². The number of hydrogen-bond acceptors (Lipinski definition) is 3. The van der Waals surface area contributed by atoms with E-state index in [0.29, 0.717) is 0 Å². The number of allylic oxidation sites excluding steroid dienone is 4. The zero-order chi connectivity index (χ0) is 21.8. The monoisotopic (exact) mass is 607 g/mol. The first-order valence-electron chi connectivity index (χ1n) is 11.6. The zero-order valence-corrected chi connectivity index (χ0v) is 23.6. The average molecular weight is 608 g/mol. The second kappa shape index (κ2) is 14.4. The molecule has 0 atom stereocenters. The Morgan fingerprint density at radius 2 is 1.17 bits per heavy atom. The Morgan fingerprint density at radius 3 is 1.52 bits per heavy atom. The molecule has 0 N–H and O–H groups in total. The summed E-state index contributed by atoms with van der Waals surface area (Å²) in [6, 6.07) is 0. The van der Waals surface area contributed by atoms with Gasteiger partial charge in [0.1, 0.15) is 0 Å². The topological polar surface area (TPSA) is 27.7 Å². The number of hydrogen-bond donors (Lipinski definition) is 0. The van der Waals surface area contributed by atoms with E-state index in [1.165, 1.54) is 83.0 Å². The van der Waals surface area contributed by atoms with Crippen molar-refractivity contribution in [1.82, 2.24) is 0 Å². The van der Waals surface area contributed by atoms with Crippen molar-refractivity contribution in [3.63, 3.8) is 0 Å². The van der Waals surface area contributed by atoms with Gasteiger partial charge in [0.2, 0.25) is 0 Å². The minimum atomic E-state index is -2.75. The second-order valence-electron chi connectivity index (χ2n) is 7.89. The molecule has 1 aliphatic rings. The van der Waals surface area contributed by atoms with E-state index in [-0.39, 0.29) is 0 Å². The number of unbranched alkanes of at least 4 members (excludes halogenated alkanes) is 6. The Morgan fingerprint density at radius 1 is 0.759 bits per heavy atom. The first-order chi connectivity index (χ1) is 14.0. The van der Waals surface area contributed by atoms with Crippen molar-refractivity contribution in [3.8, 4) is 0 Å². The van der Waals surface area contributed by atoms with Crippen LogP contribution in [0.25, 0.3) is 0 Å². The summed E-state index contributed by atoms with van der Waals surface area (Å²) < 4.78 is 19.4. The number of rotatable bonds is 17. The van der Waals surface area contributed by atoms with Crippen LogP contribution in [-0.2, 0) is 29.3 Å². The first kappa shape index (κ1) is 27.3. The predicted octanol–water partition coefficient (Wildman–Crippen LogP) is 7.99. The summed E-state index contributed by atoms with van der Waals surface area (Å²) in [7, 11) is 2.47. The molecule has 0 aromatic rings. The zero-order valence-electron chi connectivity index (χ0n) is 20.3. The molecule has 0 amide bonds. The summed E-state index contributed by atoms with van der Waals surface area (Å²) >= 11 is -2.07. The van der Waals surface area contributed by atoms with Crippen LogP contribution >= 0.6 is 0 Å². The molecule has 176 valence electrons. The van der Waals surface area contributed by atoms with Crippen LogP contribution in [0.1, 0.15) is 91.9 Å². The van der Waals surface area contributed by atoms with E-state index in [1.807, 2.05) is 3.96 Å². The second-order valence-corrected chi connectivity index (χ2v) is 21.4. The van der Waals surface area contributed by atoms with E-state index in [4.69, 9.17) is 13.3 Å². The van der Waals surface area contributed by atoms with Gasteiger partial charge in [-0.1, -0.05) is 0 Å².